The monoisotopic (exact) mass is 492 g/mol. The summed E-state index contributed by atoms with van der Waals surface area (Å²) in [4.78, 5) is 25.8. The molecule has 0 radical (unpaired) electrons. The van der Waals surface area contributed by atoms with Crippen LogP contribution in [0.4, 0.5) is 5.69 Å². The number of ether oxygens (including phenoxy) is 1. The maximum Gasteiger partial charge on any atom is 0.291 e. The van der Waals surface area contributed by atoms with E-state index in [0.717, 1.165) is 37.9 Å². The molecular formula is C25H28N6O5. The van der Waals surface area contributed by atoms with E-state index in [2.05, 4.69) is 20.5 Å². The summed E-state index contributed by atoms with van der Waals surface area (Å²) in [5.74, 6) is 0.435. The number of amides is 1. The summed E-state index contributed by atoms with van der Waals surface area (Å²) in [6.45, 7) is 2.52. The smallest absolute Gasteiger partial charge is 0.291 e. The first kappa shape index (κ1) is 24.9. The Hall–Kier alpha value is -4.25. The first-order valence-corrected chi connectivity index (χ1v) is 11.7. The molecule has 0 bridgehead atoms. The zero-order chi connectivity index (χ0) is 25.3. The van der Waals surface area contributed by atoms with Crippen LogP contribution in [0, 0.1) is 0 Å². The van der Waals surface area contributed by atoms with Crippen LogP contribution in [0.2, 0.25) is 0 Å². The Morgan fingerprint density at radius 2 is 2.08 bits per heavy atom. The number of nitrogens with zero attached hydrogens (tertiary/aromatic N) is 4. The Kier molecular flexibility index (Phi) is 8.24. The van der Waals surface area contributed by atoms with E-state index in [4.69, 9.17) is 24.2 Å². The molecule has 0 saturated heterocycles. The predicted molar refractivity (Wildman–Crippen MR) is 131 cm³/mol. The van der Waals surface area contributed by atoms with Crippen molar-refractivity contribution < 1.29 is 23.8 Å². The van der Waals surface area contributed by atoms with Crippen molar-refractivity contribution in [3.8, 4) is 22.7 Å². The molecule has 1 fully saturated rings. The van der Waals surface area contributed by atoms with E-state index in [0.29, 0.717) is 28.9 Å². The van der Waals surface area contributed by atoms with Crippen LogP contribution in [-0.2, 0) is 9.53 Å². The van der Waals surface area contributed by atoms with Gasteiger partial charge in [-0.2, -0.15) is 10.2 Å². The van der Waals surface area contributed by atoms with Gasteiger partial charge in [-0.25, -0.2) is 0 Å². The van der Waals surface area contributed by atoms with Gasteiger partial charge in [0.2, 0.25) is 0 Å². The second-order valence-electron chi connectivity index (χ2n) is 8.18. The van der Waals surface area contributed by atoms with Gasteiger partial charge in [0.05, 0.1) is 35.3 Å². The molecule has 1 aliphatic carbocycles. The first-order valence-electron chi connectivity index (χ1n) is 11.7. The van der Waals surface area contributed by atoms with E-state index in [1.807, 2.05) is 36.0 Å². The Morgan fingerprint density at radius 1 is 1.28 bits per heavy atom. The number of H-pyrrole nitrogens is 1. The molecule has 4 aromatic rings. The Morgan fingerprint density at radius 3 is 2.75 bits per heavy atom. The molecule has 188 valence electrons. The Labute approximate surface area is 207 Å². The highest BCUT2D eigenvalue weighted by molar-refractivity contribution is 6.04. The molecule has 0 aliphatic heterocycles. The van der Waals surface area contributed by atoms with Gasteiger partial charge in [-0.05, 0) is 56.9 Å². The third kappa shape index (κ3) is 5.87. The SMILES string of the molecule is CCO[C@H]1CC[C@H](n2cc(NC(=O)c3ccc(-c4cn[nH]c4)o3)c(-c3ccccn3)n2)CC1.O=CO. The number of hydrogen-bond donors (Lipinski definition) is 3. The highest BCUT2D eigenvalue weighted by atomic mass is 16.5. The van der Waals surface area contributed by atoms with Gasteiger partial charge in [0.1, 0.15) is 11.5 Å². The third-order valence-corrected chi connectivity index (χ3v) is 5.92. The fourth-order valence-electron chi connectivity index (χ4n) is 4.26. The summed E-state index contributed by atoms with van der Waals surface area (Å²) >= 11 is 0. The van der Waals surface area contributed by atoms with Crippen LogP contribution in [0.1, 0.15) is 49.2 Å². The van der Waals surface area contributed by atoms with Crippen molar-refractivity contribution in [1.82, 2.24) is 25.0 Å². The lowest BCUT2D eigenvalue weighted by atomic mass is 9.93. The minimum Gasteiger partial charge on any atom is -0.483 e. The van der Waals surface area contributed by atoms with Crippen LogP contribution >= 0.6 is 0 Å². The van der Waals surface area contributed by atoms with Crippen molar-refractivity contribution in [1.29, 1.82) is 0 Å². The minimum atomic E-state index is -0.346. The van der Waals surface area contributed by atoms with E-state index < -0.39 is 0 Å². The quantitative estimate of drug-likeness (QED) is 0.322. The van der Waals surface area contributed by atoms with Gasteiger partial charge < -0.3 is 19.6 Å². The molecule has 0 atom stereocenters. The highest BCUT2D eigenvalue weighted by Gasteiger charge is 2.26. The van der Waals surface area contributed by atoms with Crippen LogP contribution in [0.5, 0.6) is 0 Å². The van der Waals surface area contributed by atoms with Crippen LogP contribution in [0.25, 0.3) is 22.7 Å². The topological polar surface area (TPSA) is 148 Å². The second-order valence-corrected chi connectivity index (χ2v) is 8.18. The van der Waals surface area contributed by atoms with Gasteiger partial charge in [0.15, 0.2) is 5.76 Å². The van der Waals surface area contributed by atoms with Gasteiger partial charge in [0.25, 0.3) is 12.4 Å². The van der Waals surface area contributed by atoms with Crippen LogP contribution in [0.3, 0.4) is 0 Å². The van der Waals surface area contributed by atoms with Crippen molar-refractivity contribution in [2.45, 2.75) is 44.8 Å². The minimum absolute atomic E-state index is 0.211. The predicted octanol–water partition coefficient (Wildman–Crippen LogP) is 4.40. The lowest BCUT2D eigenvalue weighted by Gasteiger charge is -2.28. The number of carbonyl (C=O) groups excluding carboxylic acids is 1. The normalized spacial score (nSPS) is 17.1. The van der Waals surface area contributed by atoms with Crippen LogP contribution in [0.15, 0.2) is 59.5 Å². The number of aromatic amines is 1. The third-order valence-electron chi connectivity index (χ3n) is 5.92. The second kappa shape index (κ2) is 11.9. The number of anilines is 1. The fourth-order valence-corrected chi connectivity index (χ4v) is 4.26. The number of aromatic nitrogens is 5. The van der Waals surface area contributed by atoms with E-state index in [9.17, 15) is 4.79 Å². The first-order chi connectivity index (χ1) is 17.6. The van der Waals surface area contributed by atoms with Crippen LogP contribution in [-0.4, -0.2) is 55.2 Å². The molecule has 4 heterocycles. The molecule has 36 heavy (non-hydrogen) atoms. The number of carboxylic acid groups (broad SMARTS) is 1. The van der Waals surface area contributed by atoms with E-state index in [1.54, 1.807) is 30.7 Å². The number of carbonyl (C=O) groups is 2. The zero-order valence-electron chi connectivity index (χ0n) is 19.8. The maximum atomic E-state index is 13.0. The van der Waals surface area contributed by atoms with Gasteiger partial charge in [-0.1, -0.05) is 6.07 Å². The molecule has 11 nitrogen and oxygen atoms in total. The van der Waals surface area contributed by atoms with Crippen molar-refractivity contribution in [3.05, 3.63) is 60.9 Å². The van der Waals surface area contributed by atoms with Gasteiger partial charge in [0, 0.05) is 25.2 Å². The lowest BCUT2D eigenvalue weighted by Crippen LogP contribution is -2.24. The molecular weight excluding hydrogens is 464 g/mol. The maximum absolute atomic E-state index is 13.0. The molecule has 0 spiro atoms. The standard InChI is InChI=1S/C24H26N6O3.CH2O2/c1-2-32-18-8-6-17(7-9-18)30-15-20(23(29-30)19-5-3-4-12-25-19)28-24(31)22-11-10-21(33-22)16-13-26-27-14-16;2-1-3/h3-5,10-15,17-18H,2,6-9H2,1H3,(H,26,27)(H,28,31);1H,(H,2,3)/t17-,18-;. The largest absolute Gasteiger partial charge is 0.483 e. The molecule has 4 aromatic heterocycles. The zero-order valence-corrected chi connectivity index (χ0v) is 19.8. The molecule has 0 aromatic carbocycles. The summed E-state index contributed by atoms with van der Waals surface area (Å²) in [5.41, 5.74) is 2.72. The fraction of sp³-hybridized carbons (Fsp3) is 0.320. The highest BCUT2D eigenvalue weighted by Crippen LogP contribution is 2.33. The summed E-state index contributed by atoms with van der Waals surface area (Å²) in [5, 5.41) is 21.3. The molecule has 5 rings (SSSR count). The Bertz CT molecular complexity index is 1240. The average molecular weight is 493 g/mol. The molecule has 1 amide bonds. The van der Waals surface area contributed by atoms with Gasteiger partial charge in [-0.15, -0.1) is 0 Å². The number of pyridine rings is 1. The van der Waals surface area contributed by atoms with Crippen molar-refractivity contribution >= 4 is 18.1 Å². The Balaban J connectivity index is 0.000000967. The average Bonchev–Trinajstić information content (AvgIpc) is 3.66. The van der Waals surface area contributed by atoms with Crippen molar-refractivity contribution in [2.75, 3.05) is 11.9 Å². The van der Waals surface area contributed by atoms with Gasteiger partial charge in [-0.3, -0.25) is 24.4 Å². The van der Waals surface area contributed by atoms with Crippen LogP contribution < -0.4 is 5.32 Å². The number of rotatable bonds is 7. The van der Waals surface area contributed by atoms with Crippen molar-refractivity contribution in [2.24, 2.45) is 0 Å². The molecule has 11 heteroatoms. The summed E-state index contributed by atoms with van der Waals surface area (Å²) in [6.07, 6.45) is 11.3. The van der Waals surface area contributed by atoms with E-state index in [-0.39, 0.29) is 24.2 Å². The number of furan rings is 1. The van der Waals surface area contributed by atoms with E-state index in [1.165, 1.54) is 0 Å². The number of hydrogen-bond acceptors (Lipinski definition) is 7. The molecule has 3 N–H and O–H groups in total. The molecule has 1 aliphatic rings. The summed E-state index contributed by atoms with van der Waals surface area (Å²) < 4.78 is 13.5. The van der Waals surface area contributed by atoms with Crippen molar-refractivity contribution in [3.63, 3.8) is 0 Å². The van der Waals surface area contributed by atoms with E-state index >= 15 is 0 Å². The molecule has 1 saturated carbocycles. The number of nitrogens with one attached hydrogen (secondary N) is 2. The summed E-state index contributed by atoms with van der Waals surface area (Å²) in [7, 11) is 0. The van der Waals surface area contributed by atoms with Gasteiger partial charge >= 0.3 is 0 Å². The summed E-state index contributed by atoms with van der Waals surface area (Å²) in [6, 6.07) is 9.30. The molecule has 0 unspecified atom stereocenters. The lowest BCUT2D eigenvalue weighted by molar-refractivity contribution is -0.122.